The third kappa shape index (κ3) is 5.77. The number of nitrogen functional groups attached to an aromatic ring is 1. The Balaban J connectivity index is 1.53. The Hall–Kier alpha value is -5.42. The molecule has 0 aliphatic heterocycles. The summed E-state index contributed by atoms with van der Waals surface area (Å²) in [6.07, 6.45) is 6.50. The monoisotopic (exact) mass is 619 g/mol. The van der Waals surface area contributed by atoms with E-state index in [1.807, 2.05) is 56.8 Å². The molecule has 0 saturated carbocycles. The zero-order valence-corrected chi connectivity index (χ0v) is 26.0. The van der Waals surface area contributed by atoms with Crippen molar-refractivity contribution in [2.45, 2.75) is 27.3 Å². The third-order valence-corrected chi connectivity index (χ3v) is 8.76. The van der Waals surface area contributed by atoms with Gasteiger partial charge in [0.1, 0.15) is 11.6 Å². The minimum atomic E-state index is -0.573. The fourth-order valence-corrected chi connectivity index (χ4v) is 6.56. The number of amides is 1. The average molecular weight is 620 g/mol. The highest BCUT2D eigenvalue weighted by Gasteiger charge is 2.24. The van der Waals surface area contributed by atoms with E-state index in [0.29, 0.717) is 29.0 Å². The number of imidazole rings is 1. The predicted octanol–water partition coefficient (Wildman–Crippen LogP) is 7.06. The van der Waals surface area contributed by atoms with E-state index in [2.05, 4.69) is 26.8 Å². The molecule has 226 valence electrons. The van der Waals surface area contributed by atoms with Gasteiger partial charge in [0.25, 0.3) is 0 Å². The molecule has 0 aliphatic carbocycles. The molecule has 9 nitrogen and oxygen atoms in total. The van der Waals surface area contributed by atoms with Gasteiger partial charge in [-0.15, -0.1) is 11.3 Å². The summed E-state index contributed by atoms with van der Waals surface area (Å²) in [4.78, 5) is 30.2. The van der Waals surface area contributed by atoms with Gasteiger partial charge in [-0.05, 0) is 67.3 Å². The quantitative estimate of drug-likeness (QED) is 0.175. The van der Waals surface area contributed by atoms with Gasteiger partial charge < -0.3 is 20.4 Å². The van der Waals surface area contributed by atoms with Gasteiger partial charge in [-0.3, -0.25) is 4.79 Å². The summed E-state index contributed by atoms with van der Waals surface area (Å²) in [7, 11) is 1.94. The minimum Gasteiger partial charge on any atom is -0.421 e. The second-order valence-electron chi connectivity index (χ2n) is 10.7. The molecule has 2 aromatic carbocycles. The number of nitrogens with two attached hydrogens (primary N) is 1. The molecule has 0 spiro atoms. The Morgan fingerprint density at radius 2 is 1.93 bits per heavy atom. The number of rotatable bonds is 8. The van der Waals surface area contributed by atoms with Crippen LogP contribution in [0.5, 0.6) is 11.8 Å². The van der Waals surface area contributed by atoms with Crippen molar-refractivity contribution >= 4 is 33.1 Å². The molecule has 0 bridgehead atoms. The van der Waals surface area contributed by atoms with Crippen molar-refractivity contribution in [3.05, 3.63) is 102 Å². The van der Waals surface area contributed by atoms with Crippen molar-refractivity contribution in [3.8, 4) is 44.6 Å². The number of aryl methyl sites for hydroxylation is 4. The summed E-state index contributed by atoms with van der Waals surface area (Å²) in [6.45, 7) is 9.62. The maximum atomic E-state index is 15.7. The van der Waals surface area contributed by atoms with Crippen LogP contribution in [0.15, 0.2) is 73.7 Å². The lowest BCUT2D eigenvalue weighted by Crippen LogP contribution is -2.19. The van der Waals surface area contributed by atoms with Crippen LogP contribution in [-0.4, -0.2) is 30.4 Å². The molecule has 0 unspecified atom stereocenters. The van der Waals surface area contributed by atoms with Gasteiger partial charge in [0.15, 0.2) is 11.6 Å². The SMILES string of the molecule is C=CC(=O)NCc1ccc(-c2sc3c(-c4cn(C)c(C)n4)cnc(N)c3c2-c2ccc(Oc3nccc(C)n3)c(F)c2)c(C)c1. The first kappa shape index (κ1) is 29.6. The van der Waals surface area contributed by atoms with Gasteiger partial charge in [0.05, 0.1) is 10.4 Å². The lowest BCUT2D eigenvalue weighted by molar-refractivity contribution is -0.116. The van der Waals surface area contributed by atoms with E-state index >= 15 is 4.39 Å². The molecule has 4 heterocycles. The molecule has 6 rings (SSSR count). The van der Waals surface area contributed by atoms with E-state index in [0.717, 1.165) is 48.9 Å². The Labute approximate surface area is 263 Å². The van der Waals surface area contributed by atoms with Crippen molar-refractivity contribution in [1.82, 2.24) is 29.8 Å². The van der Waals surface area contributed by atoms with Gasteiger partial charge in [-0.25, -0.2) is 24.3 Å². The number of anilines is 1. The molecule has 0 radical (unpaired) electrons. The highest BCUT2D eigenvalue weighted by atomic mass is 32.1. The van der Waals surface area contributed by atoms with Crippen LogP contribution < -0.4 is 15.8 Å². The summed E-state index contributed by atoms with van der Waals surface area (Å²) < 4.78 is 24.2. The molecule has 45 heavy (non-hydrogen) atoms. The number of hydrogen-bond acceptors (Lipinski definition) is 8. The van der Waals surface area contributed by atoms with Crippen LogP contribution in [0.25, 0.3) is 42.9 Å². The lowest BCUT2D eigenvalue weighted by atomic mass is 9.95. The highest BCUT2D eigenvalue weighted by Crippen LogP contribution is 2.50. The molecule has 0 fully saturated rings. The molecule has 6 aromatic rings. The van der Waals surface area contributed by atoms with Crippen molar-refractivity contribution in [2.75, 3.05) is 5.73 Å². The number of pyridine rings is 1. The average Bonchev–Trinajstić information content (AvgIpc) is 3.57. The zero-order valence-electron chi connectivity index (χ0n) is 25.2. The largest absolute Gasteiger partial charge is 0.421 e. The number of nitrogens with zero attached hydrogens (tertiary/aromatic N) is 5. The van der Waals surface area contributed by atoms with E-state index in [1.165, 1.54) is 12.1 Å². The van der Waals surface area contributed by atoms with Crippen LogP contribution in [0.1, 0.15) is 22.6 Å². The smallest absolute Gasteiger partial charge is 0.322 e. The van der Waals surface area contributed by atoms with Crippen LogP contribution in [0.2, 0.25) is 0 Å². The first-order valence-corrected chi connectivity index (χ1v) is 14.9. The van der Waals surface area contributed by atoms with Crippen molar-refractivity contribution in [3.63, 3.8) is 0 Å². The topological polar surface area (TPSA) is 121 Å². The van der Waals surface area contributed by atoms with Crippen LogP contribution in [0.4, 0.5) is 10.2 Å². The van der Waals surface area contributed by atoms with Crippen LogP contribution >= 0.6 is 11.3 Å². The van der Waals surface area contributed by atoms with Gasteiger partial charge in [0, 0.05) is 59.3 Å². The second kappa shape index (κ2) is 11.9. The van der Waals surface area contributed by atoms with E-state index in [9.17, 15) is 4.79 Å². The fourth-order valence-electron chi connectivity index (χ4n) is 5.12. The number of halogens is 1. The number of thiophene rings is 1. The number of hydrogen-bond donors (Lipinski definition) is 2. The summed E-state index contributed by atoms with van der Waals surface area (Å²) in [5.74, 6) is 0.373. The molecule has 0 atom stereocenters. The molecule has 3 N–H and O–H groups in total. The predicted molar refractivity (Wildman–Crippen MR) is 175 cm³/mol. The van der Waals surface area contributed by atoms with Crippen LogP contribution in [0.3, 0.4) is 0 Å². The number of aromatic nitrogens is 5. The van der Waals surface area contributed by atoms with Crippen molar-refractivity contribution in [2.24, 2.45) is 7.05 Å². The summed E-state index contributed by atoms with van der Waals surface area (Å²) in [6, 6.07) is 12.6. The molecule has 4 aromatic heterocycles. The Bertz CT molecular complexity index is 2100. The maximum absolute atomic E-state index is 15.7. The first-order valence-electron chi connectivity index (χ1n) is 14.1. The molecule has 0 saturated heterocycles. The molecular weight excluding hydrogens is 589 g/mol. The number of carbonyl (C=O) groups excluding carboxylic acids is 1. The summed E-state index contributed by atoms with van der Waals surface area (Å²) >= 11 is 1.55. The van der Waals surface area contributed by atoms with Crippen molar-refractivity contribution < 1.29 is 13.9 Å². The van der Waals surface area contributed by atoms with Crippen LogP contribution in [-0.2, 0) is 18.4 Å². The van der Waals surface area contributed by atoms with Gasteiger partial charge in [0.2, 0.25) is 5.91 Å². The summed E-state index contributed by atoms with van der Waals surface area (Å²) in [5, 5.41) is 3.53. The minimum absolute atomic E-state index is 0.00304. The van der Waals surface area contributed by atoms with Crippen molar-refractivity contribution in [1.29, 1.82) is 0 Å². The van der Waals surface area contributed by atoms with Crippen LogP contribution in [0, 0.1) is 26.6 Å². The van der Waals surface area contributed by atoms with Gasteiger partial charge in [-0.1, -0.05) is 30.8 Å². The third-order valence-electron chi connectivity index (χ3n) is 7.51. The standard InChI is InChI=1S/C34H30FN7O2S/c1-6-28(43)38-15-21-7-9-23(18(2)13-21)31-29(22-8-10-27(25(35)14-22)44-34-37-12-11-19(3)40-34)30-32(45-31)24(16-39-33(30)36)26-17-42(5)20(4)41-26/h6-14,16-17H,1,15H2,2-5H3,(H2,36,39)(H,38,43). The fraction of sp³-hybridized carbons (Fsp3) is 0.147. The number of benzene rings is 2. The molecular formula is C34H30FN7O2S. The molecule has 0 aliphatic rings. The van der Waals surface area contributed by atoms with E-state index in [-0.39, 0.29) is 17.7 Å². The number of carbonyl (C=O) groups is 1. The second-order valence-corrected chi connectivity index (χ2v) is 11.7. The highest BCUT2D eigenvalue weighted by molar-refractivity contribution is 7.23. The first-order chi connectivity index (χ1) is 21.6. The van der Waals surface area contributed by atoms with E-state index in [1.54, 1.807) is 41.9 Å². The Morgan fingerprint density at radius 1 is 1.11 bits per heavy atom. The normalized spacial score (nSPS) is 11.1. The number of fused-ring (bicyclic) bond motifs is 1. The number of nitrogens with one attached hydrogen (secondary N) is 1. The maximum Gasteiger partial charge on any atom is 0.322 e. The Morgan fingerprint density at radius 3 is 2.62 bits per heavy atom. The van der Waals surface area contributed by atoms with Gasteiger partial charge >= 0.3 is 6.01 Å². The summed E-state index contributed by atoms with van der Waals surface area (Å²) in [5.41, 5.74) is 13.1. The molecule has 1 amide bonds. The Kier molecular flexibility index (Phi) is 7.86. The van der Waals surface area contributed by atoms with E-state index in [4.69, 9.17) is 15.5 Å². The van der Waals surface area contributed by atoms with E-state index < -0.39 is 5.82 Å². The zero-order chi connectivity index (χ0) is 31.8. The number of ether oxygens (including phenoxy) is 1. The van der Waals surface area contributed by atoms with Gasteiger partial charge in [-0.2, -0.15) is 0 Å². The lowest BCUT2D eigenvalue weighted by Gasteiger charge is -2.12. The molecule has 11 heteroatoms.